The van der Waals surface area contributed by atoms with Gasteiger partial charge in [-0.2, -0.15) is 0 Å². The molecule has 9 heteroatoms. The van der Waals surface area contributed by atoms with E-state index in [-0.39, 0.29) is 5.91 Å². The van der Waals surface area contributed by atoms with Gasteiger partial charge in [-0.3, -0.25) is 4.79 Å². The SMILES string of the molecule is COc1cc(/C=C/C(=O)Nc2ccc(N3CCOCC3)cn2)ccc1OCc1c(C)noc1C. The molecule has 0 unspecified atom stereocenters. The van der Waals surface area contributed by atoms with E-state index in [2.05, 4.69) is 20.4 Å². The molecule has 2 aromatic heterocycles. The lowest BCUT2D eigenvalue weighted by molar-refractivity contribution is -0.111. The van der Waals surface area contributed by atoms with Crippen molar-refractivity contribution >= 4 is 23.5 Å². The molecule has 1 aliphatic rings. The van der Waals surface area contributed by atoms with Gasteiger partial charge in [-0.1, -0.05) is 11.2 Å². The molecular formula is C25H28N4O5. The molecule has 0 spiro atoms. The highest BCUT2D eigenvalue weighted by Gasteiger charge is 2.13. The van der Waals surface area contributed by atoms with Crippen molar-refractivity contribution in [2.45, 2.75) is 20.5 Å². The minimum Gasteiger partial charge on any atom is -0.493 e. The van der Waals surface area contributed by atoms with Gasteiger partial charge in [-0.05, 0) is 49.8 Å². The monoisotopic (exact) mass is 464 g/mol. The summed E-state index contributed by atoms with van der Waals surface area (Å²) in [7, 11) is 1.57. The summed E-state index contributed by atoms with van der Waals surface area (Å²) in [6.45, 7) is 7.14. The first-order chi connectivity index (χ1) is 16.5. The second-order valence-corrected chi connectivity index (χ2v) is 7.83. The van der Waals surface area contributed by atoms with Crippen LogP contribution in [0.2, 0.25) is 0 Å². The van der Waals surface area contributed by atoms with Crippen LogP contribution in [0.3, 0.4) is 0 Å². The first-order valence-corrected chi connectivity index (χ1v) is 11.0. The molecule has 0 bridgehead atoms. The topological polar surface area (TPSA) is 99.0 Å². The first kappa shape index (κ1) is 23.3. The largest absolute Gasteiger partial charge is 0.493 e. The van der Waals surface area contributed by atoms with E-state index >= 15 is 0 Å². The lowest BCUT2D eigenvalue weighted by Gasteiger charge is -2.28. The number of methoxy groups -OCH3 is 1. The van der Waals surface area contributed by atoms with E-state index in [1.807, 2.05) is 32.0 Å². The van der Waals surface area contributed by atoms with Crippen LogP contribution in [0.25, 0.3) is 6.08 Å². The Morgan fingerprint density at radius 2 is 2.00 bits per heavy atom. The molecular weight excluding hydrogens is 436 g/mol. The van der Waals surface area contributed by atoms with E-state index in [1.54, 1.807) is 31.5 Å². The van der Waals surface area contributed by atoms with Gasteiger partial charge in [0, 0.05) is 19.2 Å². The quantitative estimate of drug-likeness (QED) is 0.503. The Morgan fingerprint density at radius 3 is 2.68 bits per heavy atom. The number of hydrogen-bond donors (Lipinski definition) is 1. The third-order valence-corrected chi connectivity index (χ3v) is 5.54. The molecule has 1 fully saturated rings. The Labute approximate surface area is 198 Å². The number of hydrogen-bond acceptors (Lipinski definition) is 8. The number of rotatable bonds is 8. The van der Waals surface area contributed by atoms with Crippen LogP contribution in [0.1, 0.15) is 22.6 Å². The van der Waals surface area contributed by atoms with Crippen molar-refractivity contribution in [1.82, 2.24) is 10.1 Å². The van der Waals surface area contributed by atoms with Crippen LogP contribution in [-0.2, 0) is 16.1 Å². The lowest BCUT2D eigenvalue weighted by atomic mass is 10.2. The maximum Gasteiger partial charge on any atom is 0.249 e. The molecule has 1 N–H and O–H groups in total. The van der Waals surface area contributed by atoms with E-state index in [1.165, 1.54) is 6.08 Å². The van der Waals surface area contributed by atoms with Crippen molar-refractivity contribution in [3.05, 3.63) is 65.2 Å². The molecule has 0 aliphatic carbocycles. The summed E-state index contributed by atoms with van der Waals surface area (Å²) in [5, 5.41) is 6.72. The highest BCUT2D eigenvalue weighted by atomic mass is 16.5. The van der Waals surface area contributed by atoms with Crippen molar-refractivity contribution in [2.75, 3.05) is 43.6 Å². The third kappa shape index (κ3) is 5.74. The van der Waals surface area contributed by atoms with Gasteiger partial charge in [0.2, 0.25) is 5.91 Å². The molecule has 34 heavy (non-hydrogen) atoms. The number of carbonyl (C=O) groups excluding carboxylic acids is 1. The van der Waals surface area contributed by atoms with E-state index in [0.717, 1.165) is 41.4 Å². The van der Waals surface area contributed by atoms with Gasteiger partial charge < -0.3 is 29.0 Å². The number of nitrogens with one attached hydrogen (secondary N) is 1. The summed E-state index contributed by atoms with van der Waals surface area (Å²) in [6.07, 6.45) is 4.92. The predicted molar refractivity (Wildman–Crippen MR) is 128 cm³/mol. The number of pyridine rings is 1. The zero-order valence-corrected chi connectivity index (χ0v) is 19.5. The van der Waals surface area contributed by atoms with Crippen molar-refractivity contribution in [3.63, 3.8) is 0 Å². The van der Waals surface area contributed by atoms with Crippen LogP contribution >= 0.6 is 0 Å². The highest BCUT2D eigenvalue weighted by Crippen LogP contribution is 2.30. The highest BCUT2D eigenvalue weighted by molar-refractivity contribution is 6.01. The Bertz CT molecular complexity index is 1130. The van der Waals surface area contributed by atoms with Gasteiger partial charge in [0.15, 0.2) is 11.5 Å². The second-order valence-electron chi connectivity index (χ2n) is 7.83. The Hall–Kier alpha value is -3.85. The molecule has 1 aromatic carbocycles. The zero-order valence-electron chi connectivity index (χ0n) is 19.5. The third-order valence-electron chi connectivity index (χ3n) is 5.54. The summed E-state index contributed by atoms with van der Waals surface area (Å²) in [5.41, 5.74) is 3.52. The summed E-state index contributed by atoms with van der Waals surface area (Å²) in [6, 6.07) is 9.21. The zero-order chi connectivity index (χ0) is 23.9. The van der Waals surface area contributed by atoms with Gasteiger partial charge in [-0.25, -0.2) is 4.98 Å². The fourth-order valence-electron chi connectivity index (χ4n) is 3.57. The van der Waals surface area contributed by atoms with Crippen molar-refractivity contribution in [1.29, 1.82) is 0 Å². The number of anilines is 2. The smallest absolute Gasteiger partial charge is 0.249 e. The number of morpholine rings is 1. The van der Waals surface area contributed by atoms with Gasteiger partial charge in [0.25, 0.3) is 0 Å². The minimum atomic E-state index is -0.274. The average Bonchev–Trinajstić information content (AvgIpc) is 3.19. The summed E-state index contributed by atoms with van der Waals surface area (Å²) < 4.78 is 21.9. The standard InChI is InChI=1S/C25H28N4O5/c1-17-21(18(2)34-28-17)16-33-22-7-4-19(14-23(22)31-3)5-9-25(30)27-24-8-6-20(15-26-24)29-10-12-32-13-11-29/h4-9,14-15H,10-13,16H2,1-3H3,(H,26,27,30)/b9-5+. The number of amides is 1. The van der Waals surface area contributed by atoms with E-state index in [9.17, 15) is 4.79 Å². The molecule has 1 aliphatic heterocycles. The van der Waals surface area contributed by atoms with Crippen LogP contribution in [-0.4, -0.2) is 49.5 Å². The molecule has 9 nitrogen and oxygen atoms in total. The molecule has 3 aromatic rings. The van der Waals surface area contributed by atoms with Crippen LogP contribution in [0.15, 0.2) is 47.1 Å². The van der Waals surface area contributed by atoms with Gasteiger partial charge >= 0.3 is 0 Å². The maximum atomic E-state index is 12.4. The second kappa shape index (κ2) is 10.8. The molecule has 0 atom stereocenters. The molecule has 4 rings (SSSR count). The number of ether oxygens (including phenoxy) is 3. The summed E-state index contributed by atoms with van der Waals surface area (Å²) in [4.78, 5) is 18.9. The van der Waals surface area contributed by atoms with Crippen molar-refractivity contribution < 1.29 is 23.5 Å². The number of benzene rings is 1. The van der Waals surface area contributed by atoms with E-state index < -0.39 is 0 Å². The van der Waals surface area contributed by atoms with Gasteiger partial charge in [-0.15, -0.1) is 0 Å². The number of carbonyl (C=O) groups is 1. The molecule has 3 heterocycles. The number of aryl methyl sites for hydroxylation is 2. The molecule has 0 saturated carbocycles. The molecule has 178 valence electrons. The normalized spacial score (nSPS) is 13.8. The van der Waals surface area contributed by atoms with E-state index in [0.29, 0.717) is 37.1 Å². The Balaban J connectivity index is 1.34. The molecule has 1 saturated heterocycles. The number of nitrogens with zero attached hydrogens (tertiary/aromatic N) is 3. The van der Waals surface area contributed by atoms with Crippen LogP contribution in [0, 0.1) is 13.8 Å². The predicted octanol–water partition coefficient (Wildman–Crippen LogP) is 3.76. The Kier molecular flexibility index (Phi) is 7.44. The van der Waals surface area contributed by atoms with Crippen LogP contribution in [0.4, 0.5) is 11.5 Å². The van der Waals surface area contributed by atoms with Gasteiger partial charge in [0.1, 0.15) is 18.2 Å². The van der Waals surface area contributed by atoms with Crippen LogP contribution < -0.4 is 19.7 Å². The Morgan fingerprint density at radius 1 is 1.18 bits per heavy atom. The average molecular weight is 465 g/mol. The fourth-order valence-corrected chi connectivity index (χ4v) is 3.57. The lowest BCUT2D eigenvalue weighted by Crippen LogP contribution is -2.36. The minimum absolute atomic E-state index is 0.274. The van der Waals surface area contributed by atoms with Crippen LogP contribution in [0.5, 0.6) is 11.5 Å². The summed E-state index contributed by atoms with van der Waals surface area (Å²) >= 11 is 0. The summed E-state index contributed by atoms with van der Waals surface area (Å²) in [5.74, 6) is 2.10. The molecule has 1 amide bonds. The van der Waals surface area contributed by atoms with Gasteiger partial charge in [0.05, 0.1) is 43.5 Å². The fraction of sp³-hybridized carbons (Fsp3) is 0.320. The van der Waals surface area contributed by atoms with Crippen molar-refractivity contribution in [2.24, 2.45) is 0 Å². The molecule has 0 radical (unpaired) electrons. The maximum absolute atomic E-state index is 12.4. The first-order valence-electron chi connectivity index (χ1n) is 11.0. The number of aromatic nitrogens is 2. The van der Waals surface area contributed by atoms with Crippen molar-refractivity contribution in [3.8, 4) is 11.5 Å². The van der Waals surface area contributed by atoms with E-state index in [4.69, 9.17) is 18.7 Å².